The quantitative estimate of drug-likeness (QED) is 0.731. The Kier molecular flexibility index (Phi) is 6.28. The van der Waals surface area contributed by atoms with E-state index in [2.05, 4.69) is 82.8 Å². The van der Waals surface area contributed by atoms with Crippen LogP contribution in [-0.2, 0) is 12.8 Å². The molecule has 0 unspecified atom stereocenters. The van der Waals surface area contributed by atoms with Crippen molar-refractivity contribution in [1.82, 2.24) is 5.32 Å². The fourth-order valence-electron chi connectivity index (χ4n) is 2.33. The molecule has 2 rings (SSSR count). The number of rotatable bonds is 7. The normalized spacial score (nSPS) is 12.3. The molecule has 106 valence electrons. The molecule has 1 atom stereocenters. The molecule has 1 nitrogen and oxygen atoms in total. The second-order valence-electron chi connectivity index (χ2n) is 5.27. The van der Waals surface area contributed by atoms with Gasteiger partial charge in [-0.25, -0.2) is 0 Å². The molecule has 20 heavy (non-hydrogen) atoms. The van der Waals surface area contributed by atoms with E-state index in [1.165, 1.54) is 17.5 Å². The topological polar surface area (TPSA) is 12.0 Å². The fraction of sp³-hybridized carbons (Fsp3) is 0.333. The number of halogens is 1. The van der Waals surface area contributed by atoms with E-state index in [4.69, 9.17) is 0 Å². The van der Waals surface area contributed by atoms with Gasteiger partial charge >= 0.3 is 0 Å². The molecule has 0 saturated heterocycles. The molecule has 0 heterocycles. The third kappa shape index (κ3) is 5.48. The van der Waals surface area contributed by atoms with Gasteiger partial charge in [-0.05, 0) is 56.0 Å². The summed E-state index contributed by atoms with van der Waals surface area (Å²) in [7, 11) is 0. The lowest BCUT2D eigenvalue weighted by molar-refractivity contribution is 0.534. The lowest BCUT2D eigenvalue weighted by Gasteiger charge is -2.14. The van der Waals surface area contributed by atoms with Crippen LogP contribution < -0.4 is 5.32 Å². The average molecular weight is 332 g/mol. The van der Waals surface area contributed by atoms with Crippen LogP contribution in [0, 0.1) is 0 Å². The number of benzene rings is 2. The summed E-state index contributed by atoms with van der Waals surface area (Å²) in [6.07, 6.45) is 3.42. The molecule has 0 aromatic heterocycles. The van der Waals surface area contributed by atoms with Gasteiger partial charge in [0, 0.05) is 10.5 Å². The standard InChI is InChI=1S/C18H22BrN/c1-15(14-17-9-11-18(19)12-10-17)20-13-5-8-16-6-3-2-4-7-16/h2-4,6-7,9-12,15,20H,5,8,13-14H2,1H3/t15-/m0/s1. The minimum atomic E-state index is 0.520. The Labute approximate surface area is 130 Å². The maximum atomic E-state index is 3.60. The van der Waals surface area contributed by atoms with Gasteiger partial charge in [0.05, 0.1) is 0 Å². The molecule has 1 N–H and O–H groups in total. The summed E-state index contributed by atoms with van der Waals surface area (Å²) < 4.78 is 1.14. The molecular weight excluding hydrogens is 310 g/mol. The van der Waals surface area contributed by atoms with E-state index in [1.54, 1.807) is 0 Å². The lowest BCUT2D eigenvalue weighted by Crippen LogP contribution is -2.29. The predicted octanol–water partition coefficient (Wildman–Crippen LogP) is 4.60. The highest BCUT2D eigenvalue weighted by atomic mass is 79.9. The molecule has 0 aliphatic carbocycles. The minimum Gasteiger partial charge on any atom is -0.314 e. The van der Waals surface area contributed by atoms with Crippen LogP contribution >= 0.6 is 15.9 Å². The van der Waals surface area contributed by atoms with Gasteiger partial charge in [0.15, 0.2) is 0 Å². The van der Waals surface area contributed by atoms with Gasteiger partial charge in [0.1, 0.15) is 0 Å². The van der Waals surface area contributed by atoms with E-state index in [-0.39, 0.29) is 0 Å². The Bertz CT molecular complexity index is 493. The first-order valence-electron chi connectivity index (χ1n) is 7.26. The van der Waals surface area contributed by atoms with Gasteiger partial charge in [-0.3, -0.25) is 0 Å². The smallest absolute Gasteiger partial charge is 0.0175 e. The highest BCUT2D eigenvalue weighted by molar-refractivity contribution is 9.10. The van der Waals surface area contributed by atoms with Crippen LogP contribution in [0.5, 0.6) is 0 Å². The van der Waals surface area contributed by atoms with Gasteiger partial charge < -0.3 is 5.32 Å². The van der Waals surface area contributed by atoms with Crippen molar-refractivity contribution in [3.8, 4) is 0 Å². The summed E-state index contributed by atoms with van der Waals surface area (Å²) in [5, 5.41) is 3.60. The Morgan fingerprint density at radius 1 is 0.950 bits per heavy atom. The molecule has 0 bridgehead atoms. The van der Waals surface area contributed by atoms with E-state index < -0.39 is 0 Å². The van der Waals surface area contributed by atoms with E-state index in [9.17, 15) is 0 Å². The molecule has 2 aromatic rings. The molecular formula is C18H22BrN. The number of aryl methyl sites for hydroxylation is 1. The van der Waals surface area contributed by atoms with E-state index >= 15 is 0 Å². The number of hydrogen-bond acceptors (Lipinski definition) is 1. The molecule has 0 fully saturated rings. The van der Waals surface area contributed by atoms with Crippen LogP contribution in [-0.4, -0.2) is 12.6 Å². The lowest BCUT2D eigenvalue weighted by atomic mass is 10.1. The van der Waals surface area contributed by atoms with Crippen molar-refractivity contribution in [2.75, 3.05) is 6.54 Å². The van der Waals surface area contributed by atoms with Crippen LogP contribution in [0.25, 0.3) is 0 Å². The maximum absolute atomic E-state index is 3.60. The predicted molar refractivity (Wildman–Crippen MR) is 90.1 cm³/mol. The zero-order chi connectivity index (χ0) is 14.2. The van der Waals surface area contributed by atoms with Crippen molar-refractivity contribution < 1.29 is 0 Å². The summed E-state index contributed by atoms with van der Waals surface area (Å²) in [6.45, 7) is 3.33. The zero-order valence-corrected chi connectivity index (χ0v) is 13.6. The fourth-order valence-corrected chi connectivity index (χ4v) is 2.60. The minimum absolute atomic E-state index is 0.520. The molecule has 0 radical (unpaired) electrons. The Balaban J connectivity index is 1.65. The van der Waals surface area contributed by atoms with Gasteiger partial charge in [-0.2, -0.15) is 0 Å². The first-order chi connectivity index (χ1) is 9.74. The van der Waals surface area contributed by atoms with Gasteiger partial charge in [0.25, 0.3) is 0 Å². The summed E-state index contributed by atoms with van der Waals surface area (Å²) in [4.78, 5) is 0. The summed E-state index contributed by atoms with van der Waals surface area (Å²) in [6, 6.07) is 19.8. The second-order valence-corrected chi connectivity index (χ2v) is 6.19. The zero-order valence-electron chi connectivity index (χ0n) is 12.0. The largest absolute Gasteiger partial charge is 0.314 e. The molecule has 0 saturated carbocycles. The van der Waals surface area contributed by atoms with Crippen molar-refractivity contribution in [2.45, 2.75) is 32.2 Å². The van der Waals surface area contributed by atoms with Crippen molar-refractivity contribution in [2.24, 2.45) is 0 Å². The first-order valence-corrected chi connectivity index (χ1v) is 8.05. The van der Waals surface area contributed by atoms with Crippen LogP contribution in [0.4, 0.5) is 0 Å². The van der Waals surface area contributed by atoms with Gasteiger partial charge in [-0.15, -0.1) is 0 Å². The molecule has 2 aromatic carbocycles. The van der Waals surface area contributed by atoms with Crippen LogP contribution in [0.2, 0.25) is 0 Å². The van der Waals surface area contributed by atoms with E-state index in [0.29, 0.717) is 6.04 Å². The monoisotopic (exact) mass is 331 g/mol. The highest BCUT2D eigenvalue weighted by Gasteiger charge is 2.02. The van der Waals surface area contributed by atoms with Crippen LogP contribution in [0.1, 0.15) is 24.5 Å². The highest BCUT2D eigenvalue weighted by Crippen LogP contribution is 2.12. The number of nitrogens with one attached hydrogen (secondary N) is 1. The van der Waals surface area contributed by atoms with Crippen molar-refractivity contribution in [3.05, 3.63) is 70.2 Å². The van der Waals surface area contributed by atoms with Crippen LogP contribution in [0.3, 0.4) is 0 Å². The molecule has 0 spiro atoms. The van der Waals surface area contributed by atoms with Crippen molar-refractivity contribution in [3.63, 3.8) is 0 Å². The van der Waals surface area contributed by atoms with Gasteiger partial charge in [-0.1, -0.05) is 58.4 Å². The SMILES string of the molecule is C[C@@H](Cc1ccc(Br)cc1)NCCCc1ccccc1. The van der Waals surface area contributed by atoms with Gasteiger partial charge in [0.2, 0.25) is 0 Å². The van der Waals surface area contributed by atoms with Crippen molar-refractivity contribution >= 4 is 15.9 Å². The summed E-state index contributed by atoms with van der Waals surface area (Å²) >= 11 is 3.47. The first kappa shape index (κ1) is 15.3. The molecule has 0 aliphatic heterocycles. The third-order valence-corrected chi connectivity index (χ3v) is 3.96. The third-order valence-electron chi connectivity index (χ3n) is 3.43. The Hall–Kier alpha value is -1.12. The van der Waals surface area contributed by atoms with Crippen molar-refractivity contribution in [1.29, 1.82) is 0 Å². The average Bonchev–Trinajstić information content (AvgIpc) is 2.47. The Morgan fingerprint density at radius 3 is 2.35 bits per heavy atom. The summed E-state index contributed by atoms with van der Waals surface area (Å²) in [5.74, 6) is 0. The number of hydrogen-bond donors (Lipinski definition) is 1. The summed E-state index contributed by atoms with van der Waals surface area (Å²) in [5.41, 5.74) is 2.81. The second kappa shape index (κ2) is 8.23. The molecule has 2 heteroatoms. The maximum Gasteiger partial charge on any atom is 0.0175 e. The Morgan fingerprint density at radius 2 is 1.65 bits per heavy atom. The van der Waals surface area contributed by atoms with E-state index in [0.717, 1.165) is 23.9 Å². The molecule has 0 aliphatic rings. The molecule has 0 amide bonds. The van der Waals surface area contributed by atoms with Crippen LogP contribution in [0.15, 0.2) is 59.1 Å². The van der Waals surface area contributed by atoms with E-state index in [1.807, 2.05) is 0 Å².